The first kappa shape index (κ1) is 17.7. The molecular weight excluding hydrogens is 378 g/mol. The number of thiocarbonyl (C=S) groups is 2. The maximum atomic E-state index is 8.56. The molecule has 2 aliphatic heterocycles. The van der Waals surface area contributed by atoms with Crippen molar-refractivity contribution in [3.05, 3.63) is 29.3 Å². The lowest BCUT2D eigenvalue weighted by Gasteiger charge is -2.24. The van der Waals surface area contributed by atoms with Gasteiger partial charge in [-0.15, -0.1) is 0 Å². The highest BCUT2D eigenvalue weighted by Gasteiger charge is 2.28. The van der Waals surface area contributed by atoms with E-state index in [-0.39, 0.29) is 0 Å². The molecule has 0 atom stereocenters. The lowest BCUT2D eigenvalue weighted by molar-refractivity contribution is 0.680. The van der Waals surface area contributed by atoms with Gasteiger partial charge in [0.15, 0.2) is 0 Å². The van der Waals surface area contributed by atoms with Gasteiger partial charge in [0.2, 0.25) is 0 Å². The SMILES string of the molecule is CNc1c(C(=N)N2CCSC2=S)cccc1C(=N)N1CCSC1=S. The minimum Gasteiger partial charge on any atom is -0.387 e. The summed E-state index contributed by atoms with van der Waals surface area (Å²) in [5.74, 6) is 2.57. The predicted octanol–water partition coefficient (Wildman–Crippen LogP) is 3.05. The topological polar surface area (TPSA) is 66.2 Å². The minimum atomic E-state index is 0.377. The Morgan fingerprint density at radius 3 is 1.79 bits per heavy atom. The van der Waals surface area contributed by atoms with Crippen LogP contribution in [0.1, 0.15) is 11.1 Å². The first-order valence-electron chi connectivity index (χ1n) is 7.41. The molecule has 0 spiro atoms. The molecule has 24 heavy (non-hydrogen) atoms. The molecule has 1 aromatic carbocycles. The third kappa shape index (κ3) is 3.17. The van der Waals surface area contributed by atoms with Crippen LogP contribution in [0.15, 0.2) is 18.2 Å². The van der Waals surface area contributed by atoms with E-state index in [1.165, 1.54) is 0 Å². The largest absolute Gasteiger partial charge is 0.387 e. The molecule has 0 aliphatic carbocycles. The molecule has 126 valence electrons. The van der Waals surface area contributed by atoms with Gasteiger partial charge in [0.25, 0.3) is 0 Å². The highest BCUT2D eigenvalue weighted by atomic mass is 32.2. The summed E-state index contributed by atoms with van der Waals surface area (Å²) in [6, 6.07) is 5.67. The number of para-hydroxylation sites is 1. The monoisotopic (exact) mass is 395 g/mol. The average molecular weight is 396 g/mol. The van der Waals surface area contributed by atoms with Gasteiger partial charge in [0.1, 0.15) is 20.3 Å². The van der Waals surface area contributed by atoms with Crippen LogP contribution in [-0.2, 0) is 0 Å². The molecule has 5 nitrogen and oxygen atoms in total. The molecule has 3 N–H and O–H groups in total. The summed E-state index contributed by atoms with van der Waals surface area (Å²) in [4.78, 5) is 3.69. The highest BCUT2D eigenvalue weighted by Crippen LogP contribution is 2.29. The van der Waals surface area contributed by atoms with Crippen LogP contribution in [0.3, 0.4) is 0 Å². The maximum Gasteiger partial charge on any atom is 0.142 e. The summed E-state index contributed by atoms with van der Waals surface area (Å²) in [7, 11) is 1.82. The number of nitrogens with one attached hydrogen (secondary N) is 3. The Hall–Kier alpha value is -1.16. The number of rotatable bonds is 3. The van der Waals surface area contributed by atoms with Gasteiger partial charge in [-0.2, -0.15) is 0 Å². The zero-order valence-electron chi connectivity index (χ0n) is 13.1. The van der Waals surface area contributed by atoms with Crippen LogP contribution in [0.25, 0.3) is 0 Å². The lowest BCUT2D eigenvalue weighted by atomic mass is 10.0. The number of hydrogen-bond acceptors (Lipinski definition) is 7. The van der Waals surface area contributed by atoms with Crippen LogP contribution < -0.4 is 5.32 Å². The lowest BCUT2D eigenvalue weighted by Crippen LogP contribution is -2.33. The minimum absolute atomic E-state index is 0.377. The van der Waals surface area contributed by atoms with E-state index in [0.29, 0.717) is 11.7 Å². The molecule has 0 amide bonds. The zero-order valence-corrected chi connectivity index (χ0v) is 16.4. The number of nitrogens with zero attached hydrogens (tertiary/aromatic N) is 2. The van der Waals surface area contributed by atoms with Crippen molar-refractivity contribution in [3.8, 4) is 0 Å². The summed E-state index contributed by atoms with van der Waals surface area (Å²) in [5, 5.41) is 20.3. The maximum absolute atomic E-state index is 8.56. The molecule has 2 saturated heterocycles. The molecule has 2 fully saturated rings. The van der Waals surface area contributed by atoms with Crippen LogP contribution in [0.2, 0.25) is 0 Å². The summed E-state index contributed by atoms with van der Waals surface area (Å²) < 4.78 is 1.47. The number of amidine groups is 2. The molecule has 3 rings (SSSR count). The molecule has 9 heteroatoms. The van der Waals surface area contributed by atoms with Crippen molar-refractivity contribution >= 4 is 74.0 Å². The molecule has 0 bridgehead atoms. The summed E-state index contributed by atoms with van der Waals surface area (Å²) in [5.41, 5.74) is 2.27. The molecule has 0 aromatic heterocycles. The van der Waals surface area contributed by atoms with Crippen molar-refractivity contribution in [1.82, 2.24) is 9.80 Å². The van der Waals surface area contributed by atoms with E-state index < -0.39 is 0 Å². The van der Waals surface area contributed by atoms with Crippen molar-refractivity contribution < 1.29 is 0 Å². The second-order valence-corrected chi connectivity index (χ2v) is 8.66. The molecule has 2 aliphatic rings. The van der Waals surface area contributed by atoms with Crippen molar-refractivity contribution in [2.24, 2.45) is 0 Å². The van der Waals surface area contributed by atoms with Crippen LogP contribution in [0.4, 0.5) is 5.69 Å². The number of thioether (sulfide) groups is 2. The average Bonchev–Trinajstić information content (AvgIpc) is 3.21. The Morgan fingerprint density at radius 1 is 1.00 bits per heavy atom. The number of hydrogen-bond donors (Lipinski definition) is 3. The number of anilines is 1. The van der Waals surface area contributed by atoms with Gasteiger partial charge in [-0.25, -0.2) is 0 Å². The van der Waals surface area contributed by atoms with Gasteiger partial charge < -0.3 is 15.1 Å². The van der Waals surface area contributed by atoms with Crippen molar-refractivity contribution in [2.45, 2.75) is 0 Å². The summed E-state index contributed by atoms with van der Waals surface area (Å²) in [6.07, 6.45) is 0. The Bertz CT molecular complexity index is 676. The molecule has 0 saturated carbocycles. The van der Waals surface area contributed by atoms with Crippen LogP contribution in [0, 0.1) is 10.8 Å². The molecule has 2 heterocycles. The van der Waals surface area contributed by atoms with Crippen LogP contribution in [0.5, 0.6) is 0 Å². The third-order valence-electron chi connectivity index (χ3n) is 3.89. The first-order valence-corrected chi connectivity index (χ1v) is 10.2. The Balaban J connectivity index is 1.97. The van der Waals surface area contributed by atoms with Crippen LogP contribution in [-0.4, -0.2) is 61.8 Å². The Kier molecular flexibility index (Phi) is 5.43. The van der Waals surface area contributed by atoms with Gasteiger partial charge in [-0.1, -0.05) is 54.0 Å². The smallest absolute Gasteiger partial charge is 0.142 e. The first-order chi connectivity index (χ1) is 11.5. The second kappa shape index (κ2) is 7.38. The molecule has 0 radical (unpaired) electrons. The third-order valence-corrected chi connectivity index (χ3v) is 6.74. The van der Waals surface area contributed by atoms with E-state index in [1.807, 2.05) is 35.0 Å². The van der Waals surface area contributed by atoms with Gasteiger partial charge in [-0.05, 0) is 12.1 Å². The van der Waals surface area contributed by atoms with E-state index in [0.717, 1.165) is 50.1 Å². The van der Waals surface area contributed by atoms with E-state index in [4.69, 9.17) is 35.3 Å². The second-order valence-electron chi connectivity index (χ2n) is 5.21. The van der Waals surface area contributed by atoms with Gasteiger partial charge in [0, 0.05) is 42.8 Å². The van der Waals surface area contributed by atoms with Crippen LogP contribution >= 0.6 is 48.0 Å². The Morgan fingerprint density at radius 2 is 1.46 bits per heavy atom. The molecule has 1 aromatic rings. The van der Waals surface area contributed by atoms with Crippen molar-refractivity contribution in [1.29, 1.82) is 10.8 Å². The quantitative estimate of drug-likeness (QED) is 0.413. The molecule has 0 unspecified atom stereocenters. The fourth-order valence-electron chi connectivity index (χ4n) is 2.70. The Labute approximate surface area is 160 Å². The number of benzene rings is 1. The highest BCUT2D eigenvalue weighted by molar-refractivity contribution is 8.23. The summed E-state index contributed by atoms with van der Waals surface area (Å²) >= 11 is 13.9. The molecular formula is C15H17N5S4. The van der Waals surface area contributed by atoms with Gasteiger partial charge in [0.05, 0.1) is 5.69 Å². The van der Waals surface area contributed by atoms with E-state index in [2.05, 4.69) is 5.32 Å². The van der Waals surface area contributed by atoms with Gasteiger partial charge in [-0.3, -0.25) is 10.8 Å². The van der Waals surface area contributed by atoms with E-state index >= 15 is 0 Å². The van der Waals surface area contributed by atoms with Crippen molar-refractivity contribution in [2.75, 3.05) is 37.0 Å². The predicted molar refractivity (Wildman–Crippen MR) is 113 cm³/mol. The standard InChI is InChI=1S/C15H17N5S4/c1-18-11-9(12(16)19-5-7-23-14(19)21)3-2-4-10(11)13(17)20-6-8-24-15(20)22/h2-4,16-18H,5-8H2,1H3. The fraction of sp³-hybridized carbons (Fsp3) is 0.333. The normalized spacial score (nSPS) is 17.5. The zero-order chi connectivity index (χ0) is 17.3. The van der Waals surface area contributed by atoms with Gasteiger partial charge >= 0.3 is 0 Å². The van der Waals surface area contributed by atoms with E-state index in [1.54, 1.807) is 23.5 Å². The fourth-order valence-corrected chi connectivity index (χ4v) is 5.14. The van der Waals surface area contributed by atoms with E-state index in [9.17, 15) is 0 Å². The van der Waals surface area contributed by atoms with Crippen molar-refractivity contribution in [3.63, 3.8) is 0 Å². The summed E-state index contributed by atoms with van der Waals surface area (Å²) in [6.45, 7) is 1.50.